The van der Waals surface area contributed by atoms with Gasteiger partial charge in [-0.3, -0.25) is 14.4 Å². The first-order valence-electron chi connectivity index (χ1n) is 20.8. The minimum atomic E-state index is -1.01. The van der Waals surface area contributed by atoms with E-state index in [2.05, 4.69) is 20.9 Å². The number of nitriles is 1. The lowest BCUT2D eigenvalue weighted by atomic mass is 9.49. The second-order valence-corrected chi connectivity index (χ2v) is 18.8. The molecule has 15 nitrogen and oxygen atoms in total. The average Bonchev–Trinajstić information content (AvgIpc) is 3.85. The lowest BCUT2D eigenvalue weighted by Crippen LogP contribution is -2.74. The molecule has 0 radical (unpaired) electrons. The molecule has 1 saturated carbocycles. The van der Waals surface area contributed by atoms with E-state index in [9.17, 15) is 29.5 Å². The number of aryl methyl sites for hydroxylation is 1. The Morgan fingerprint density at radius 3 is 2.25 bits per heavy atom. The molecular weight excluding hydrogens is 828 g/mol. The van der Waals surface area contributed by atoms with Crippen molar-refractivity contribution in [2.24, 2.45) is 16.2 Å². The molecule has 3 aromatic carbocycles. The number of ether oxygens (including phenoxy) is 3. The van der Waals surface area contributed by atoms with E-state index in [0.717, 1.165) is 16.8 Å². The number of aliphatic hydroxyl groups is 1. The highest BCUT2D eigenvalue weighted by atomic mass is 35.5. The number of carbonyl (C=O) groups is 4. The molecule has 2 fully saturated rings. The van der Waals surface area contributed by atoms with Crippen LogP contribution in [0, 0.1) is 34.5 Å². The summed E-state index contributed by atoms with van der Waals surface area (Å²) in [6.07, 6.45) is -0.351. The summed E-state index contributed by atoms with van der Waals surface area (Å²) in [6.45, 7) is 15.1. The van der Waals surface area contributed by atoms with Crippen LogP contribution in [0.3, 0.4) is 0 Å². The second-order valence-electron chi connectivity index (χ2n) is 18.4. The normalized spacial score (nSPS) is 20.4. The number of hydrogen-bond donors (Lipinski definition) is 4. The van der Waals surface area contributed by atoms with Gasteiger partial charge in [0, 0.05) is 48.0 Å². The molecule has 4 N–H and O–H groups in total. The number of rotatable bonds is 14. The fourth-order valence-corrected chi connectivity index (χ4v) is 8.96. The molecule has 1 aliphatic heterocycles. The van der Waals surface area contributed by atoms with Gasteiger partial charge in [0.2, 0.25) is 17.7 Å². The molecular formula is C47H55ClN6O9. The Morgan fingerprint density at radius 1 is 1.00 bits per heavy atom. The summed E-state index contributed by atoms with van der Waals surface area (Å²) < 4.78 is 23.0. The van der Waals surface area contributed by atoms with Crippen LogP contribution in [0.4, 0.5) is 4.79 Å². The van der Waals surface area contributed by atoms with Crippen LogP contribution in [0.25, 0.3) is 11.3 Å². The second kappa shape index (κ2) is 18.8. The highest BCUT2D eigenvalue weighted by Gasteiger charge is 2.64. The van der Waals surface area contributed by atoms with Crippen LogP contribution in [-0.4, -0.2) is 82.3 Å². The molecule has 6 rings (SSSR count). The Labute approximate surface area is 372 Å². The van der Waals surface area contributed by atoms with Crippen LogP contribution in [-0.2, 0) is 32.3 Å². The van der Waals surface area contributed by atoms with Gasteiger partial charge in [-0.25, -0.2) is 9.78 Å². The number of β-amino-alcohol motifs (C(OH)–C–C–N with tert-alkyl or cyclic N) is 1. The highest BCUT2D eigenvalue weighted by molar-refractivity contribution is 6.31. The number of benzene rings is 3. The van der Waals surface area contributed by atoms with Gasteiger partial charge in [0.1, 0.15) is 42.4 Å². The zero-order valence-corrected chi connectivity index (χ0v) is 37.5. The van der Waals surface area contributed by atoms with Crippen LogP contribution >= 0.6 is 11.6 Å². The topological polar surface area (TPSA) is 205 Å². The van der Waals surface area contributed by atoms with E-state index in [1.54, 1.807) is 63.2 Å². The molecule has 334 valence electrons. The van der Waals surface area contributed by atoms with Crippen molar-refractivity contribution in [2.75, 3.05) is 13.2 Å². The Kier molecular flexibility index (Phi) is 13.9. The first-order chi connectivity index (χ1) is 29.7. The van der Waals surface area contributed by atoms with Crippen LogP contribution < -0.4 is 25.4 Å². The Hall–Kier alpha value is -5.95. The highest BCUT2D eigenvalue weighted by Crippen LogP contribution is 2.55. The number of halogens is 1. The molecule has 2 aliphatic rings. The van der Waals surface area contributed by atoms with Crippen molar-refractivity contribution in [3.63, 3.8) is 0 Å². The molecule has 2 heterocycles. The van der Waals surface area contributed by atoms with E-state index in [0.29, 0.717) is 33.4 Å². The van der Waals surface area contributed by atoms with Crippen LogP contribution in [0.1, 0.15) is 77.3 Å². The SMILES string of the molecule is Cc1ncoc1-c1ccc(CNC(=O)[C@@H]2C[C@@H](O)CN2C(=O)[C@@H](NC(=O)COCc2ccc(OC(=O)NC3C(C)(C)C(Oc4ccc(C#N)c(Cl)c4)C3(C)C)cc2)C(C)(C)C)cc1. The van der Waals surface area contributed by atoms with Crippen molar-refractivity contribution in [3.8, 4) is 28.9 Å². The summed E-state index contributed by atoms with van der Waals surface area (Å²) in [4.78, 5) is 59.1. The Bertz CT molecular complexity index is 2330. The molecule has 4 amide bonds. The number of oxazole rings is 1. The van der Waals surface area contributed by atoms with E-state index in [1.807, 2.05) is 65.0 Å². The van der Waals surface area contributed by atoms with Crippen LogP contribution in [0.2, 0.25) is 5.02 Å². The van der Waals surface area contributed by atoms with Crippen LogP contribution in [0.5, 0.6) is 11.5 Å². The van der Waals surface area contributed by atoms with Crippen molar-refractivity contribution in [2.45, 2.75) is 105 Å². The summed E-state index contributed by atoms with van der Waals surface area (Å²) >= 11 is 6.21. The van der Waals surface area contributed by atoms with Gasteiger partial charge in [0.15, 0.2) is 12.2 Å². The number of carbonyl (C=O) groups excluding carboxylic acids is 4. The molecule has 4 aromatic rings. The van der Waals surface area contributed by atoms with Gasteiger partial charge in [-0.2, -0.15) is 5.26 Å². The fraction of sp³-hybridized carbons (Fsp3) is 0.447. The zero-order valence-electron chi connectivity index (χ0n) is 36.8. The van der Waals surface area contributed by atoms with Crippen molar-refractivity contribution in [1.29, 1.82) is 5.26 Å². The van der Waals surface area contributed by atoms with E-state index in [4.69, 9.17) is 30.2 Å². The summed E-state index contributed by atoms with van der Waals surface area (Å²) in [7, 11) is 0. The number of hydrogen-bond acceptors (Lipinski definition) is 11. The standard InChI is InChI=1S/C47H55ClN6O9/c1-27-38(61-26-51-27)30-13-9-28(10-14-30)22-50-40(57)36-19-32(55)23-54(36)41(58)39(45(2,3)4)52-37(56)25-60-24-29-11-16-33(17-12-29)63-44(59)53-42-46(5,6)43(47(42,7)8)62-34-18-15-31(21-49)35(48)20-34/h9-18,20,26,32,36,39,42-43,55H,19,22-25H2,1-8H3,(H,50,57)(H,52,56)(H,53,59)/t32-,36+,39-,42?,43?/m1/s1. The van der Waals surface area contributed by atoms with Crippen molar-refractivity contribution in [1.82, 2.24) is 25.8 Å². The number of nitrogens with one attached hydrogen (secondary N) is 3. The largest absolute Gasteiger partial charge is 0.489 e. The molecule has 63 heavy (non-hydrogen) atoms. The van der Waals surface area contributed by atoms with Gasteiger partial charge in [0.25, 0.3) is 0 Å². The maximum atomic E-state index is 14.0. The number of aliphatic hydroxyl groups excluding tert-OH is 1. The third-order valence-electron chi connectivity index (χ3n) is 11.8. The predicted octanol–water partition coefficient (Wildman–Crippen LogP) is 6.47. The molecule has 0 unspecified atom stereocenters. The van der Waals surface area contributed by atoms with E-state index in [1.165, 1.54) is 11.3 Å². The average molecular weight is 883 g/mol. The fourth-order valence-electron chi connectivity index (χ4n) is 8.75. The predicted molar refractivity (Wildman–Crippen MR) is 233 cm³/mol. The lowest BCUT2D eigenvalue weighted by molar-refractivity contribution is -0.164. The third kappa shape index (κ3) is 10.6. The molecule has 0 bridgehead atoms. The van der Waals surface area contributed by atoms with Crippen molar-refractivity contribution < 1.29 is 42.9 Å². The summed E-state index contributed by atoms with van der Waals surface area (Å²) in [6, 6.07) is 18.9. The maximum Gasteiger partial charge on any atom is 0.412 e. The van der Waals surface area contributed by atoms with Gasteiger partial charge in [-0.1, -0.05) is 96.5 Å². The molecule has 3 atom stereocenters. The minimum absolute atomic E-state index is 0.0501. The van der Waals surface area contributed by atoms with Crippen molar-refractivity contribution >= 4 is 35.4 Å². The summed E-state index contributed by atoms with van der Waals surface area (Å²) in [5.41, 5.74) is 1.84. The molecule has 1 aromatic heterocycles. The van der Waals surface area contributed by atoms with E-state index >= 15 is 0 Å². The summed E-state index contributed by atoms with van der Waals surface area (Å²) in [5.74, 6) is 0.0906. The quantitative estimate of drug-likeness (QED) is 0.108. The lowest BCUT2D eigenvalue weighted by Gasteiger charge is -2.62. The first-order valence-corrected chi connectivity index (χ1v) is 21.1. The van der Waals surface area contributed by atoms with Gasteiger partial charge in [-0.05, 0) is 47.7 Å². The van der Waals surface area contributed by atoms with Gasteiger partial charge >= 0.3 is 6.09 Å². The molecule has 16 heteroatoms. The number of amides is 4. The Morgan fingerprint density at radius 2 is 1.65 bits per heavy atom. The van der Waals surface area contributed by atoms with Gasteiger partial charge < -0.3 is 44.6 Å². The monoisotopic (exact) mass is 882 g/mol. The summed E-state index contributed by atoms with van der Waals surface area (Å²) in [5, 5.41) is 28.7. The molecule has 0 spiro atoms. The first kappa shape index (κ1) is 46.6. The van der Waals surface area contributed by atoms with E-state index in [-0.39, 0.29) is 44.9 Å². The zero-order chi connectivity index (χ0) is 45.9. The molecule has 1 aliphatic carbocycles. The number of aromatic nitrogens is 1. The Balaban J connectivity index is 0.961. The molecule has 1 saturated heterocycles. The number of likely N-dealkylation sites (tertiary alicyclic amines) is 1. The van der Waals surface area contributed by atoms with Crippen molar-refractivity contribution in [3.05, 3.63) is 101 Å². The number of nitrogens with zero attached hydrogens (tertiary/aromatic N) is 3. The minimum Gasteiger partial charge on any atom is -0.489 e. The van der Waals surface area contributed by atoms with E-state index < -0.39 is 58.2 Å². The smallest absolute Gasteiger partial charge is 0.412 e. The van der Waals surface area contributed by atoms with Gasteiger partial charge in [0.05, 0.1) is 29.0 Å². The van der Waals surface area contributed by atoms with Gasteiger partial charge in [-0.15, -0.1) is 0 Å². The maximum absolute atomic E-state index is 14.0. The van der Waals surface area contributed by atoms with Crippen LogP contribution in [0.15, 0.2) is 77.5 Å². The third-order valence-corrected chi connectivity index (χ3v) is 12.1.